The van der Waals surface area contributed by atoms with Gasteiger partial charge < -0.3 is 9.64 Å². The maximum Gasteiger partial charge on any atom is 0.0585 e. The second kappa shape index (κ2) is 4.68. The number of rotatable bonds is 4. The molecule has 1 aromatic carbocycles. The fraction of sp³-hybridized carbons (Fsp3) is 0.538. The Morgan fingerprint density at radius 2 is 1.88 bits per heavy atom. The molecule has 0 aromatic heterocycles. The van der Waals surface area contributed by atoms with Gasteiger partial charge in [0.05, 0.1) is 13.2 Å². The number of nitrogens with zero attached hydrogens (tertiary/aromatic N) is 1. The van der Waals surface area contributed by atoms with Gasteiger partial charge in [-0.2, -0.15) is 12.6 Å². The molecule has 0 radical (unpaired) electrons. The van der Waals surface area contributed by atoms with Gasteiger partial charge in [0, 0.05) is 25.2 Å². The van der Waals surface area contributed by atoms with Crippen molar-refractivity contribution >= 4 is 18.3 Å². The number of anilines is 1. The summed E-state index contributed by atoms with van der Waals surface area (Å²) in [7, 11) is 4.12. The summed E-state index contributed by atoms with van der Waals surface area (Å²) in [5.74, 6) is 0.915. The molecule has 1 aromatic rings. The molecule has 2 nitrogen and oxygen atoms in total. The lowest BCUT2D eigenvalue weighted by molar-refractivity contribution is -0.0613. The maximum absolute atomic E-state index is 5.38. The SMILES string of the molecule is CN(C)c1ccc(C2(CCS)COC2)cc1. The highest BCUT2D eigenvalue weighted by Crippen LogP contribution is 2.36. The molecule has 0 saturated carbocycles. The maximum atomic E-state index is 5.38. The number of hydrogen-bond acceptors (Lipinski definition) is 3. The summed E-state index contributed by atoms with van der Waals surface area (Å²) in [6.07, 6.45) is 1.09. The third-order valence-electron chi connectivity index (χ3n) is 3.34. The van der Waals surface area contributed by atoms with Crippen LogP contribution in [0.1, 0.15) is 12.0 Å². The third kappa shape index (κ3) is 2.06. The minimum absolute atomic E-state index is 0.229. The monoisotopic (exact) mass is 237 g/mol. The Bertz CT molecular complexity index is 343. The molecule has 1 aliphatic rings. The van der Waals surface area contributed by atoms with Crippen LogP contribution in [0.25, 0.3) is 0 Å². The van der Waals surface area contributed by atoms with E-state index in [9.17, 15) is 0 Å². The second-order valence-electron chi connectivity index (χ2n) is 4.69. The normalized spacial score (nSPS) is 17.9. The van der Waals surface area contributed by atoms with Gasteiger partial charge in [-0.05, 0) is 29.9 Å². The lowest BCUT2D eigenvalue weighted by Gasteiger charge is -2.42. The zero-order valence-corrected chi connectivity index (χ0v) is 10.8. The van der Waals surface area contributed by atoms with E-state index in [2.05, 4.69) is 55.9 Å². The van der Waals surface area contributed by atoms with Crippen LogP contribution in [-0.4, -0.2) is 33.1 Å². The van der Waals surface area contributed by atoms with E-state index in [1.54, 1.807) is 0 Å². The lowest BCUT2D eigenvalue weighted by Crippen LogP contribution is -2.47. The van der Waals surface area contributed by atoms with E-state index in [-0.39, 0.29) is 5.41 Å². The van der Waals surface area contributed by atoms with Crippen molar-refractivity contribution in [1.29, 1.82) is 0 Å². The summed E-state index contributed by atoms with van der Waals surface area (Å²) in [5.41, 5.74) is 2.86. The summed E-state index contributed by atoms with van der Waals surface area (Å²) in [5, 5.41) is 0. The van der Waals surface area contributed by atoms with E-state index in [4.69, 9.17) is 4.74 Å². The molecular formula is C13H19NOS. The van der Waals surface area contributed by atoms with Crippen LogP contribution in [0.4, 0.5) is 5.69 Å². The Balaban J connectivity index is 2.20. The Morgan fingerprint density at radius 3 is 2.25 bits per heavy atom. The summed E-state index contributed by atoms with van der Waals surface area (Å²) in [6, 6.07) is 8.80. The Morgan fingerprint density at radius 1 is 1.25 bits per heavy atom. The zero-order valence-electron chi connectivity index (χ0n) is 9.94. The molecule has 0 bridgehead atoms. The first-order valence-electron chi connectivity index (χ1n) is 5.64. The molecule has 0 unspecified atom stereocenters. The van der Waals surface area contributed by atoms with Crippen molar-refractivity contribution in [1.82, 2.24) is 0 Å². The first-order valence-corrected chi connectivity index (χ1v) is 6.28. The standard InChI is InChI=1S/C13H19NOS/c1-14(2)12-5-3-11(4-6-12)13(7-8-16)9-15-10-13/h3-6,16H,7-10H2,1-2H3. The van der Waals surface area contributed by atoms with Crippen molar-refractivity contribution < 1.29 is 4.74 Å². The molecule has 0 atom stereocenters. The Kier molecular flexibility index (Phi) is 3.45. The molecule has 1 saturated heterocycles. The molecule has 1 heterocycles. The topological polar surface area (TPSA) is 12.5 Å². The van der Waals surface area contributed by atoms with Crippen LogP contribution in [0, 0.1) is 0 Å². The molecule has 0 amide bonds. The average molecular weight is 237 g/mol. The molecule has 16 heavy (non-hydrogen) atoms. The van der Waals surface area contributed by atoms with Gasteiger partial charge in [0.2, 0.25) is 0 Å². The van der Waals surface area contributed by atoms with Gasteiger partial charge in [-0.1, -0.05) is 12.1 Å². The lowest BCUT2D eigenvalue weighted by atomic mass is 9.76. The number of benzene rings is 1. The van der Waals surface area contributed by atoms with E-state index in [0.29, 0.717) is 0 Å². The van der Waals surface area contributed by atoms with E-state index < -0.39 is 0 Å². The van der Waals surface area contributed by atoms with Crippen molar-refractivity contribution in [3.05, 3.63) is 29.8 Å². The van der Waals surface area contributed by atoms with E-state index >= 15 is 0 Å². The van der Waals surface area contributed by atoms with Gasteiger partial charge in [0.25, 0.3) is 0 Å². The van der Waals surface area contributed by atoms with Crippen LogP contribution in [-0.2, 0) is 10.2 Å². The number of hydrogen-bond donors (Lipinski definition) is 1. The predicted molar refractivity (Wildman–Crippen MR) is 71.7 cm³/mol. The highest BCUT2D eigenvalue weighted by atomic mass is 32.1. The summed E-state index contributed by atoms with van der Waals surface area (Å²) in [6.45, 7) is 1.68. The Labute approximate surface area is 103 Å². The van der Waals surface area contributed by atoms with Crippen molar-refractivity contribution in [2.24, 2.45) is 0 Å². The molecule has 0 aliphatic carbocycles. The first kappa shape index (κ1) is 11.8. The third-order valence-corrected chi connectivity index (χ3v) is 3.57. The molecule has 1 aliphatic heterocycles. The van der Waals surface area contributed by atoms with E-state index in [1.165, 1.54) is 11.3 Å². The van der Waals surface area contributed by atoms with Gasteiger partial charge >= 0.3 is 0 Å². The molecule has 1 fully saturated rings. The average Bonchev–Trinajstić information content (AvgIpc) is 2.23. The predicted octanol–water partition coefficient (Wildman–Crippen LogP) is 2.34. The Hall–Kier alpha value is -0.670. The fourth-order valence-corrected chi connectivity index (χ4v) is 2.56. The zero-order chi connectivity index (χ0) is 11.6. The molecule has 0 N–H and O–H groups in total. The summed E-state index contributed by atoms with van der Waals surface area (Å²) < 4.78 is 5.38. The smallest absolute Gasteiger partial charge is 0.0585 e. The van der Waals surface area contributed by atoms with Gasteiger partial charge in [-0.15, -0.1) is 0 Å². The minimum atomic E-state index is 0.229. The summed E-state index contributed by atoms with van der Waals surface area (Å²) >= 11 is 4.34. The second-order valence-corrected chi connectivity index (χ2v) is 5.14. The first-order chi connectivity index (χ1) is 7.68. The largest absolute Gasteiger partial charge is 0.379 e. The van der Waals surface area contributed by atoms with Crippen molar-refractivity contribution in [3.63, 3.8) is 0 Å². The quantitative estimate of drug-likeness (QED) is 0.807. The van der Waals surface area contributed by atoms with Crippen LogP contribution in [0.5, 0.6) is 0 Å². The fourth-order valence-electron chi connectivity index (χ4n) is 2.13. The molecule has 3 heteroatoms. The van der Waals surface area contributed by atoms with Gasteiger partial charge in [0.15, 0.2) is 0 Å². The van der Waals surface area contributed by atoms with Gasteiger partial charge in [0.1, 0.15) is 0 Å². The molecule has 88 valence electrons. The van der Waals surface area contributed by atoms with Crippen molar-refractivity contribution in [2.75, 3.05) is 38.0 Å². The highest BCUT2D eigenvalue weighted by Gasteiger charge is 2.39. The number of thiol groups is 1. The van der Waals surface area contributed by atoms with Gasteiger partial charge in [-0.25, -0.2) is 0 Å². The van der Waals surface area contributed by atoms with E-state index in [1.807, 2.05) is 0 Å². The highest BCUT2D eigenvalue weighted by molar-refractivity contribution is 7.80. The van der Waals surface area contributed by atoms with Crippen molar-refractivity contribution in [2.45, 2.75) is 11.8 Å². The minimum Gasteiger partial charge on any atom is -0.379 e. The van der Waals surface area contributed by atoms with Gasteiger partial charge in [-0.3, -0.25) is 0 Å². The van der Waals surface area contributed by atoms with Crippen LogP contribution in [0.2, 0.25) is 0 Å². The van der Waals surface area contributed by atoms with E-state index in [0.717, 1.165) is 25.4 Å². The molecular weight excluding hydrogens is 218 g/mol. The van der Waals surface area contributed by atoms with Crippen LogP contribution < -0.4 is 4.90 Å². The van der Waals surface area contributed by atoms with Crippen LogP contribution in [0.3, 0.4) is 0 Å². The molecule has 0 spiro atoms. The van der Waals surface area contributed by atoms with Crippen molar-refractivity contribution in [3.8, 4) is 0 Å². The van der Waals surface area contributed by atoms with Crippen LogP contribution >= 0.6 is 12.6 Å². The molecule has 2 rings (SSSR count). The van der Waals surface area contributed by atoms with Crippen LogP contribution in [0.15, 0.2) is 24.3 Å². The number of ether oxygens (including phenoxy) is 1. The summed E-state index contributed by atoms with van der Waals surface area (Å²) in [4.78, 5) is 2.12.